The summed E-state index contributed by atoms with van der Waals surface area (Å²) in [5, 5.41) is 5.29. The van der Waals surface area contributed by atoms with E-state index in [2.05, 4.69) is 20.6 Å². The van der Waals surface area contributed by atoms with Gasteiger partial charge in [-0.05, 0) is 30.3 Å². The van der Waals surface area contributed by atoms with E-state index in [-0.39, 0.29) is 17.3 Å². The summed E-state index contributed by atoms with van der Waals surface area (Å²) in [6, 6.07) is 9.38. The van der Waals surface area contributed by atoms with Crippen molar-refractivity contribution < 1.29 is 23.0 Å². The summed E-state index contributed by atoms with van der Waals surface area (Å²) in [6.45, 7) is 0. The molecule has 28 heavy (non-hydrogen) atoms. The first kappa shape index (κ1) is 19.0. The average Bonchev–Trinajstić information content (AvgIpc) is 2.70. The number of halogens is 2. The summed E-state index contributed by atoms with van der Waals surface area (Å²) >= 11 is 0. The number of nitrogens with zero attached hydrogens (tertiary/aromatic N) is 2. The van der Waals surface area contributed by atoms with Crippen molar-refractivity contribution in [3.05, 3.63) is 66.0 Å². The maximum atomic E-state index is 13.8. The van der Waals surface area contributed by atoms with E-state index < -0.39 is 17.5 Å². The van der Waals surface area contributed by atoms with Crippen LogP contribution >= 0.6 is 0 Å². The van der Waals surface area contributed by atoms with E-state index in [0.717, 1.165) is 12.1 Å². The Morgan fingerprint density at radius 2 is 1.82 bits per heavy atom. The van der Waals surface area contributed by atoms with E-state index in [9.17, 15) is 13.6 Å². The van der Waals surface area contributed by atoms with Crippen LogP contribution in [0.2, 0.25) is 0 Å². The Kier molecular flexibility index (Phi) is 5.64. The molecule has 7 nitrogen and oxygen atoms in total. The van der Waals surface area contributed by atoms with Crippen molar-refractivity contribution in [2.75, 3.05) is 24.9 Å². The molecule has 2 N–H and O–H groups in total. The van der Waals surface area contributed by atoms with Gasteiger partial charge in [0.2, 0.25) is 5.95 Å². The van der Waals surface area contributed by atoms with Gasteiger partial charge in [0.25, 0.3) is 5.91 Å². The van der Waals surface area contributed by atoms with Gasteiger partial charge in [0, 0.05) is 18.3 Å². The third kappa shape index (κ3) is 4.32. The van der Waals surface area contributed by atoms with E-state index in [1.807, 2.05) is 0 Å². The second-order valence-electron chi connectivity index (χ2n) is 5.53. The molecule has 0 unspecified atom stereocenters. The summed E-state index contributed by atoms with van der Waals surface area (Å²) < 4.78 is 37.1. The minimum atomic E-state index is -0.806. The number of benzene rings is 2. The van der Waals surface area contributed by atoms with Crippen LogP contribution < -0.4 is 20.1 Å². The van der Waals surface area contributed by atoms with Gasteiger partial charge in [-0.1, -0.05) is 0 Å². The van der Waals surface area contributed by atoms with Crippen LogP contribution in [0.25, 0.3) is 0 Å². The van der Waals surface area contributed by atoms with Gasteiger partial charge in [0.15, 0.2) is 0 Å². The molecule has 0 atom stereocenters. The number of rotatable bonds is 6. The second kappa shape index (κ2) is 8.30. The lowest BCUT2D eigenvalue weighted by Gasteiger charge is -2.12. The van der Waals surface area contributed by atoms with E-state index in [1.54, 1.807) is 18.2 Å². The van der Waals surface area contributed by atoms with Gasteiger partial charge in [-0.15, -0.1) is 0 Å². The number of amides is 1. The fourth-order valence-corrected chi connectivity index (χ4v) is 2.35. The lowest BCUT2D eigenvalue weighted by atomic mass is 10.2. The molecule has 1 amide bonds. The normalized spacial score (nSPS) is 10.3. The fraction of sp³-hybridized carbons (Fsp3) is 0.105. The SMILES string of the molecule is COc1ccc(OC)c(NC(=O)c2ccnc(Nc3ccc(F)cc3F)n2)c1. The third-order valence-corrected chi connectivity index (χ3v) is 3.72. The summed E-state index contributed by atoms with van der Waals surface area (Å²) in [5.41, 5.74) is 0.405. The molecule has 2 aromatic carbocycles. The molecule has 0 bridgehead atoms. The van der Waals surface area contributed by atoms with Gasteiger partial charge in [-0.25, -0.2) is 18.7 Å². The number of hydrogen-bond acceptors (Lipinski definition) is 6. The second-order valence-corrected chi connectivity index (χ2v) is 5.53. The molecular weight excluding hydrogens is 370 g/mol. The standard InChI is InChI=1S/C19H16F2N4O3/c1-27-12-4-6-17(28-2)16(10-12)23-18(26)15-7-8-22-19(25-15)24-14-5-3-11(20)9-13(14)21/h3-10H,1-2H3,(H,23,26)(H,22,24,25). The molecule has 1 aromatic heterocycles. The van der Waals surface area contributed by atoms with Crippen LogP contribution in [0.15, 0.2) is 48.7 Å². The fourth-order valence-electron chi connectivity index (χ4n) is 2.35. The largest absolute Gasteiger partial charge is 0.497 e. The molecule has 0 aliphatic heterocycles. The molecule has 0 saturated heterocycles. The number of hydrogen-bond donors (Lipinski definition) is 2. The molecular formula is C19H16F2N4O3. The highest BCUT2D eigenvalue weighted by molar-refractivity contribution is 6.04. The molecule has 0 spiro atoms. The number of nitrogens with one attached hydrogen (secondary N) is 2. The highest BCUT2D eigenvalue weighted by Gasteiger charge is 2.14. The predicted octanol–water partition coefficient (Wildman–Crippen LogP) is 3.77. The van der Waals surface area contributed by atoms with Crippen molar-refractivity contribution in [2.45, 2.75) is 0 Å². The van der Waals surface area contributed by atoms with Crippen molar-refractivity contribution >= 4 is 23.2 Å². The number of anilines is 3. The van der Waals surface area contributed by atoms with Crippen LogP contribution in [0.1, 0.15) is 10.5 Å². The molecule has 3 aromatic rings. The molecule has 0 fully saturated rings. The zero-order valence-corrected chi connectivity index (χ0v) is 15.0. The first-order valence-corrected chi connectivity index (χ1v) is 8.08. The number of methoxy groups -OCH3 is 2. The van der Waals surface area contributed by atoms with Gasteiger partial charge in [-0.2, -0.15) is 0 Å². The van der Waals surface area contributed by atoms with Crippen molar-refractivity contribution in [1.82, 2.24) is 9.97 Å². The van der Waals surface area contributed by atoms with Gasteiger partial charge in [-0.3, -0.25) is 4.79 Å². The molecule has 0 aliphatic carbocycles. The van der Waals surface area contributed by atoms with Crippen molar-refractivity contribution in [2.24, 2.45) is 0 Å². The molecule has 0 aliphatic rings. The molecule has 3 rings (SSSR count). The zero-order chi connectivity index (χ0) is 20.1. The Morgan fingerprint density at radius 3 is 2.54 bits per heavy atom. The summed E-state index contributed by atoms with van der Waals surface area (Å²) in [6.07, 6.45) is 1.34. The molecule has 9 heteroatoms. The highest BCUT2D eigenvalue weighted by Crippen LogP contribution is 2.29. The minimum absolute atomic E-state index is 0.0178. The highest BCUT2D eigenvalue weighted by atomic mass is 19.1. The van der Waals surface area contributed by atoms with Crippen LogP contribution in [0.4, 0.5) is 26.1 Å². The first-order valence-electron chi connectivity index (χ1n) is 8.08. The van der Waals surface area contributed by atoms with Crippen LogP contribution in [-0.4, -0.2) is 30.1 Å². The summed E-state index contributed by atoms with van der Waals surface area (Å²) in [5.74, 6) is -1.08. The van der Waals surface area contributed by atoms with Crippen LogP contribution in [0.3, 0.4) is 0 Å². The van der Waals surface area contributed by atoms with Crippen LogP contribution in [0.5, 0.6) is 11.5 Å². The maximum absolute atomic E-state index is 13.8. The van der Waals surface area contributed by atoms with E-state index in [1.165, 1.54) is 32.5 Å². The monoisotopic (exact) mass is 386 g/mol. The van der Waals surface area contributed by atoms with Gasteiger partial charge in [0.05, 0.1) is 25.6 Å². The number of aromatic nitrogens is 2. The van der Waals surface area contributed by atoms with E-state index in [0.29, 0.717) is 17.2 Å². The lowest BCUT2D eigenvalue weighted by molar-refractivity contribution is 0.102. The average molecular weight is 386 g/mol. The Bertz CT molecular complexity index is 1010. The smallest absolute Gasteiger partial charge is 0.274 e. The van der Waals surface area contributed by atoms with Gasteiger partial charge < -0.3 is 20.1 Å². The minimum Gasteiger partial charge on any atom is -0.497 e. The molecule has 1 heterocycles. The Labute approximate surface area is 159 Å². The molecule has 0 radical (unpaired) electrons. The predicted molar refractivity (Wildman–Crippen MR) is 99.2 cm³/mol. The zero-order valence-electron chi connectivity index (χ0n) is 15.0. The maximum Gasteiger partial charge on any atom is 0.274 e. The van der Waals surface area contributed by atoms with Crippen LogP contribution in [0, 0.1) is 11.6 Å². The molecule has 0 saturated carbocycles. The topological polar surface area (TPSA) is 85.4 Å². The van der Waals surface area contributed by atoms with Gasteiger partial charge in [0.1, 0.15) is 28.8 Å². The van der Waals surface area contributed by atoms with Crippen molar-refractivity contribution in [1.29, 1.82) is 0 Å². The first-order chi connectivity index (χ1) is 13.5. The number of carbonyl (C=O) groups excluding carboxylic acids is 1. The van der Waals surface area contributed by atoms with E-state index >= 15 is 0 Å². The van der Waals surface area contributed by atoms with Crippen molar-refractivity contribution in [3.8, 4) is 11.5 Å². The number of carbonyl (C=O) groups is 1. The number of ether oxygens (including phenoxy) is 2. The molecule has 144 valence electrons. The third-order valence-electron chi connectivity index (χ3n) is 3.72. The lowest BCUT2D eigenvalue weighted by Crippen LogP contribution is -2.15. The van der Waals surface area contributed by atoms with Crippen LogP contribution in [-0.2, 0) is 0 Å². The summed E-state index contributed by atoms with van der Waals surface area (Å²) in [4.78, 5) is 20.5. The Balaban J connectivity index is 1.81. The summed E-state index contributed by atoms with van der Waals surface area (Å²) in [7, 11) is 2.98. The van der Waals surface area contributed by atoms with Gasteiger partial charge >= 0.3 is 0 Å². The Hall–Kier alpha value is -3.75. The Morgan fingerprint density at radius 1 is 1.00 bits per heavy atom. The van der Waals surface area contributed by atoms with E-state index in [4.69, 9.17) is 9.47 Å². The quantitative estimate of drug-likeness (QED) is 0.671. The van der Waals surface area contributed by atoms with Crippen molar-refractivity contribution in [3.63, 3.8) is 0 Å².